The summed E-state index contributed by atoms with van der Waals surface area (Å²) in [6, 6.07) is -0.376. The highest BCUT2D eigenvalue weighted by atomic mass is 16.5. The van der Waals surface area contributed by atoms with Gasteiger partial charge in [0.25, 0.3) is 5.91 Å². The van der Waals surface area contributed by atoms with E-state index >= 15 is 0 Å². The molecule has 0 aliphatic carbocycles. The number of ether oxygens (including phenoxy) is 1. The van der Waals surface area contributed by atoms with Gasteiger partial charge in [0.05, 0.1) is 6.04 Å². The molecule has 1 heterocycles. The highest BCUT2D eigenvalue weighted by Crippen LogP contribution is 2.28. The number of hydrogen-bond acceptors (Lipinski definition) is 3. The van der Waals surface area contributed by atoms with Crippen LogP contribution in [0.2, 0.25) is 0 Å². The summed E-state index contributed by atoms with van der Waals surface area (Å²) in [7, 11) is 1.47. The van der Waals surface area contributed by atoms with Crippen molar-refractivity contribution >= 4 is 5.91 Å². The Morgan fingerprint density at radius 3 is 2.65 bits per heavy atom. The Morgan fingerprint density at radius 2 is 2.24 bits per heavy atom. The van der Waals surface area contributed by atoms with E-state index in [-0.39, 0.29) is 11.9 Å². The fraction of sp³-hybridized carbons (Fsp3) is 0.538. The first-order chi connectivity index (χ1) is 7.93. The molecule has 4 heteroatoms. The normalized spacial score (nSPS) is 24.9. The third-order valence-electron chi connectivity index (χ3n) is 2.94. The van der Waals surface area contributed by atoms with Crippen LogP contribution in [0, 0.1) is 0 Å². The van der Waals surface area contributed by atoms with Crippen LogP contribution < -0.4 is 0 Å². The van der Waals surface area contributed by atoms with E-state index in [9.17, 15) is 9.90 Å². The lowest BCUT2D eigenvalue weighted by molar-refractivity contribution is -0.177. The van der Waals surface area contributed by atoms with Crippen LogP contribution in [0.1, 0.15) is 13.8 Å². The smallest absolute Gasteiger partial charge is 0.254 e. The average molecular weight is 237 g/mol. The standard InChI is InChI=1S/C13H19NO3/c1-6-9(4)11(15)10-12(17-5)13(16)14(10)7-8(2)3/h10-12,15H,1-2,7H2,3-5H3/t10-,11+,12+/m1/s1. The van der Waals surface area contributed by atoms with Crippen LogP contribution in [-0.2, 0) is 9.53 Å². The first kappa shape index (κ1) is 13.7. The lowest BCUT2D eigenvalue weighted by atomic mass is 9.88. The van der Waals surface area contributed by atoms with Gasteiger partial charge in [0, 0.05) is 13.7 Å². The monoisotopic (exact) mass is 237 g/mol. The molecule has 1 aliphatic heterocycles. The molecular weight excluding hydrogens is 218 g/mol. The van der Waals surface area contributed by atoms with E-state index in [0.29, 0.717) is 12.1 Å². The van der Waals surface area contributed by atoms with Crippen molar-refractivity contribution in [3.05, 3.63) is 30.0 Å². The molecule has 0 unspecified atom stereocenters. The van der Waals surface area contributed by atoms with Gasteiger partial charge in [0.15, 0.2) is 6.10 Å². The van der Waals surface area contributed by atoms with Crippen LogP contribution in [0.3, 0.4) is 0 Å². The molecule has 1 rings (SSSR count). The summed E-state index contributed by atoms with van der Waals surface area (Å²) in [5.41, 5.74) is 4.12. The van der Waals surface area contributed by atoms with Crippen molar-refractivity contribution in [2.24, 2.45) is 0 Å². The molecule has 1 saturated heterocycles. The van der Waals surface area contributed by atoms with Crippen molar-refractivity contribution in [3.63, 3.8) is 0 Å². The fourth-order valence-corrected chi connectivity index (χ4v) is 1.95. The van der Waals surface area contributed by atoms with E-state index < -0.39 is 12.2 Å². The predicted octanol–water partition coefficient (Wildman–Crippen LogP) is 0.880. The van der Waals surface area contributed by atoms with Gasteiger partial charge in [-0.05, 0) is 19.4 Å². The van der Waals surface area contributed by atoms with Crippen molar-refractivity contribution < 1.29 is 14.6 Å². The largest absolute Gasteiger partial charge is 0.386 e. The molecule has 0 radical (unpaired) electrons. The van der Waals surface area contributed by atoms with Gasteiger partial charge in [-0.3, -0.25) is 4.79 Å². The number of β-lactam (4-membered cyclic amide) rings is 1. The van der Waals surface area contributed by atoms with E-state index in [1.54, 1.807) is 11.8 Å². The van der Waals surface area contributed by atoms with Crippen LogP contribution in [0.25, 0.3) is 0 Å². The summed E-state index contributed by atoms with van der Waals surface area (Å²) >= 11 is 0. The predicted molar refractivity (Wildman–Crippen MR) is 65.4 cm³/mol. The highest BCUT2D eigenvalue weighted by molar-refractivity contribution is 5.89. The van der Waals surface area contributed by atoms with Gasteiger partial charge in [0.1, 0.15) is 6.10 Å². The lowest BCUT2D eigenvalue weighted by Gasteiger charge is -2.48. The molecule has 0 aromatic carbocycles. The topological polar surface area (TPSA) is 49.8 Å². The minimum atomic E-state index is -0.797. The van der Waals surface area contributed by atoms with Gasteiger partial charge in [-0.25, -0.2) is 0 Å². The second kappa shape index (κ2) is 5.32. The van der Waals surface area contributed by atoms with Crippen LogP contribution in [0.5, 0.6) is 0 Å². The van der Waals surface area contributed by atoms with Crippen molar-refractivity contribution in [2.75, 3.05) is 13.7 Å². The number of hydrogen-bond donors (Lipinski definition) is 1. The maximum absolute atomic E-state index is 11.8. The quantitative estimate of drug-likeness (QED) is 0.439. The minimum Gasteiger partial charge on any atom is -0.386 e. The number of rotatable bonds is 5. The molecule has 0 bridgehead atoms. The summed E-state index contributed by atoms with van der Waals surface area (Å²) in [6.07, 6.45) is -1.39. The number of carbonyl (C=O) groups excluding carboxylic acids is 1. The number of aliphatic hydroxyl groups is 1. The van der Waals surface area contributed by atoms with Crippen molar-refractivity contribution in [1.82, 2.24) is 4.90 Å². The Balaban J connectivity index is 2.88. The molecule has 0 aromatic heterocycles. The molecule has 1 amide bonds. The van der Waals surface area contributed by atoms with Gasteiger partial charge >= 0.3 is 0 Å². The summed E-state index contributed by atoms with van der Waals surface area (Å²) < 4.78 is 5.10. The number of carbonyl (C=O) groups is 1. The maximum Gasteiger partial charge on any atom is 0.254 e. The molecule has 0 aromatic rings. The molecule has 1 aliphatic rings. The Kier molecular flexibility index (Phi) is 4.29. The Bertz CT molecular complexity index is 382. The number of aliphatic hydroxyl groups excluding tert-OH is 1. The Hall–Kier alpha value is -1.35. The summed E-state index contributed by atoms with van der Waals surface area (Å²) in [6.45, 7) is 11.3. The van der Waals surface area contributed by atoms with Gasteiger partial charge in [-0.1, -0.05) is 18.7 Å². The highest BCUT2D eigenvalue weighted by Gasteiger charge is 2.51. The van der Waals surface area contributed by atoms with Gasteiger partial charge in [-0.2, -0.15) is 0 Å². The van der Waals surface area contributed by atoms with Crippen LogP contribution in [0.4, 0.5) is 0 Å². The Labute approximate surface area is 102 Å². The molecule has 0 saturated carbocycles. The minimum absolute atomic E-state index is 0.114. The lowest BCUT2D eigenvalue weighted by Crippen LogP contribution is -2.69. The third kappa shape index (κ3) is 2.50. The fourth-order valence-electron chi connectivity index (χ4n) is 1.95. The van der Waals surface area contributed by atoms with Gasteiger partial charge in [-0.15, -0.1) is 5.73 Å². The number of methoxy groups -OCH3 is 1. The maximum atomic E-state index is 11.8. The molecule has 1 fully saturated rings. The Morgan fingerprint density at radius 1 is 1.65 bits per heavy atom. The van der Waals surface area contributed by atoms with E-state index in [1.807, 2.05) is 6.92 Å². The zero-order chi connectivity index (χ0) is 13.2. The zero-order valence-electron chi connectivity index (χ0n) is 10.6. The SMILES string of the molecule is C=C=C(C)[C@H](O)[C@@H]1[C@H](OC)C(=O)N1CC(=C)C. The van der Waals surface area contributed by atoms with Crippen molar-refractivity contribution in [2.45, 2.75) is 32.1 Å². The van der Waals surface area contributed by atoms with E-state index in [0.717, 1.165) is 5.57 Å². The van der Waals surface area contributed by atoms with Crippen molar-refractivity contribution in [3.8, 4) is 0 Å². The zero-order valence-corrected chi connectivity index (χ0v) is 10.6. The number of likely N-dealkylation sites (tertiary alicyclic amines) is 1. The summed E-state index contributed by atoms with van der Waals surface area (Å²) in [4.78, 5) is 13.3. The van der Waals surface area contributed by atoms with Gasteiger partial charge in [0.2, 0.25) is 0 Å². The molecule has 3 atom stereocenters. The molecule has 1 N–H and O–H groups in total. The second-order valence-corrected chi connectivity index (χ2v) is 4.37. The van der Waals surface area contributed by atoms with E-state index in [2.05, 4.69) is 18.9 Å². The first-order valence-electron chi connectivity index (χ1n) is 5.46. The van der Waals surface area contributed by atoms with Crippen molar-refractivity contribution in [1.29, 1.82) is 0 Å². The van der Waals surface area contributed by atoms with Crippen LogP contribution in [0.15, 0.2) is 30.0 Å². The molecular formula is C13H19NO3. The number of amides is 1. The second-order valence-electron chi connectivity index (χ2n) is 4.37. The van der Waals surface area contributed by atoms with Crippen LogP contribution in [-0.4, -0.2) is 47.8 Å². The average Bonchev–Trinajstić information content (AvgIpc) is 2.30. The summed E-state index contributed by atoms with van der Waals surface area (Å²) in [5.74, 6) is -0.114. The molecule has 17 heavy (non-hydrogen) atoms. The van der Waals surface area contributed by atoms with Gasteiger partial charge < -0.3 is 14.7 Å². The molecule has 0 spiro atoms. The summed E-state index contributed by atoms with van der Waals surface area (Å²) in [5, 5.41) is 10.1. The third-order valence-corrected chi connectivity index (χ3v) is 2.94. The molecule has 4 nitrogen and oxygen atoms in total. The number of nitrogens with zero attached hydrogens (tertiary/aromatic N) is 1. The molecule has 94 valence electrons. The van der Waals surface area contributed by atoms with Crippen LogP contribution >= 0.6 is 0 Å². The van der Waals surface area contributed by atoms with E-state index in [4.69, 9.17) is 4.74 Å². The first-order valence-corrected chi connectivity index (χ1v) is 5.46. The van der Waals surface area contributed by atoms with E-state index in [1.165, 1.54) is 7.11 Å².